The first-order valence-electron chi connectivity index (χ1n) is 8.79. The highest BCUT2D eigenvalue weighted by molar-refractivity contribution is 6.09. The Kier molecular flexibility index (Phi) is 4.13. The lowest BCUT2D eigenvalue weighted by Gasteiger charge is -2.10. The Bertz CT molecular complexity index is 974. The molecule has 0 fully saturated rings. The van der Waals surface area contributed by atoms with Crippen LogP contribution in [0.2, 0.25) is 0 Å². The number of carbonyl (C=O) groups is 1. The fourth-order valence-corrected chi connectivity index (χ4v) is 3.34. The van der Waals surface area contributed by atoms with Crippen molar-refractivity contribution in [1.82, 2.24) is 9.66 Å². The van der Waals surface area contributed by atoms with Gasteiger partial charge in [-0.15, -0.1) is 0 Å². The Morgan fingerprint density at radius 2 is 1.62 bits per heavy atom. The van der Waals surface area contributed by atoms with Gasteiger partial charge >= 0.3 is 0 Å². The van der Waals surface area contributed by atoms with Crippen LogP contribution in [0.15, 0.2) is 65.8 Å². The maximum atomic E-state index is 12.6. The van der Waals surface area contributed by atoms with Gasteiger partial charge in [0.25, 0.3) is 0 Å². The van der Waals surface area contributed by atoms with E-state index in [2.05, 4.69) is 5.32 Å². The maximum absolute atomic E-state index is 12.6. The van der Waals surface area contributed by atoms with E-state index in [0.717, 1.165) is 28.2 Å². The monoisotopic (exact) mass is 344 g/mol. The number of rotatable bonds is 3. The number of nitrogens with zero attached hydrogens (tertiary/aromatic N) is 3. The Morgan fingerprint density at radius 3 is 2.23 bits per heavy atom. The highest BCUT2D eigenvalue weighted by atomic mass is 16.2. The molecule has 5 heteroatoms. The lowest BCUT2D eigenvalue weighted by Crippen LogP contribution is -2.26. The summed E-state index contributed by atoms with van der Waals surface area (Å²) in [4.78, 5) is 17.3. The molecule has 3 aromatic rings. The van der Waals surface area contributed by atoms with Gasteiger partial charge < -0.3 is 0 Å². The fourth-order valence-electron chi connectivity index (χ4n) is 3.34. The van der Waals surface area contributed by atoms with Gasteiger partial charge in [-0.05, 0) is 13.3 Å². The predicted octanol–water partition coefficient (Wildman–Crippen LogP) is 4.42. The fraction of sp³-hybridized carbons (Fsp3) is 0.190. The molecule has 1 aliphatic heterocycles. The summed E-state index contributed by atoms with van der Waals surface area (Å²) in [5, 5.41) is 7.70. The Morgan fingerprint density at radius 1 is 1.00 bits per heavy atom. The van der Waals surface area contributed by atoms with E-state index in [-0.39, 0.29) is 11.8 Å². The number of aromatic nitrogens is 2. The first-order valence-corrected chi connectivity index (χ1v) is 8.79. The van der Waals surface area contributed by atoms with Gasteiger partial charge in [-0.1, -0.05) is 67.6 Å². The molecule has 0 aliphatic carbocycles. The Hall–Kier alpha value is -3.21. The summed E-state index contributed by atoms with van der Waals surface area (Å²) in [6.07, 6.45) is 0.707. The minimum atomic E-state index is -0.236. The molecule has 26 heavy (non-hydrogen) atoms. The van der Waals surface area contributed by atoms with Crippen LogP contribution in [0.4, 0.5) is 5.95 Å². The SMILES string of the molecule is CC[C@@H]1C(=O)Nc2nc(-c3ccccc3)c(-c3ccccc3)n2N=C1C. The second-order valence-electron chi connectivity index (χ2n) is 6.37. The maximum Gasteiger partial charge on any atom is 0.235 e. The van der Waals surface area contributed by atoms with E-state index in [9.17, 15) is 4.79 Å². The summed E-state index contributed by atoms with van der Waals surface area (Å²) < 4.78 is 1.76. The van der Waals surface area contributed by atoms with Crippen LogP contribution in [0.3, 0.4) is 0 Å². The zero-order valence-corrected chi connectivity index (χ0v) is 14.8. The smallest absolute Gasteiger partial charge is 0.235 e. The minimum absolute atomic E-state index is 0.0586. The average Bonchev–Trinajstić information content (AvgIpc) is 2.96. The van der Waals surface area contributed by atoms with Crippen molar-refractivity contribution in [2.45, 2.75) is 20.3 Å². The molecule has 0 bridgehead atoms. The largest absolute Gasteiger partial charge is 0.294 e. The van der Waals surface area contributed by atoms with Crippen LogP contribution in [0.5, 0.6) is 0 Å². The van der Waals surface area contributed by atoms with Crippen molar-refractivity contribution in [3.05, 3.63) is 60.7 Å². The molecule has 1 amide bonds. The van der Waals surface area contributed by atoms with Crippen molar-refractivity contribution in [3.8, 4) is 22.5 Å². The number of nitrogens with one attached hydrogen (secondary N) is 1. The highest BCUT2D eigenvalue weighted by Crippen LogP contribution is 2.35. The molecule has 1 aliphatic rings. The second-order valence-corrected chi connectivity index (χ2v) is 6.37. The third kappa shape index (κ3) is 2.71. The molecule has 2 heterocycles. The molecular formula is C21H20N4O. The van der Waals surface area contributed by atoms with E-state index < -0.39 is 0 Å². The molecule has 0 unspecified atom stereocenters. The lowest BCUT2D eigenvalue weighted by molar-refractivity contribution is -0.118. The molecule has 0 spiro atoms. The van der Waals surface area contributed by atoms with Crippen molar-refractivity contribution < 1.29 is 4.79 Å². The summed E-state index contributed by atoms with van der Waals surface area (Å²) >= 11 is 0. The highest BCUT2D eigenvalue weighted by Gasteiger charge is 2.28. The number of imidazole rings is 1. The van der Waals surface area contributed by atoms with Crippen LogP contribution in [-0.4, -0.2) is 21.3 Å². The van der Waals surface area contributed by atoms with Gasteiger partial charge in [-0.25, -0.2) is 4.98 Å². The summed E-state index contributed by atoms with van der Waals surface area (Å²) in [5.74, 6) is 0.167. The van der Waals surface area contributed by atoms with Crippen molar-refractivity contribution in [1.29, 1.82) is 0 Å². The summed E-state index contributed by atoms with van der Waals surface area (Å²) in [6.45, 7) is 3.89. The van der Waals surface area contributed by atoms with Gasteiger partial charge in [0, 0.05) is 16.8 Å². The van der Waals surface area contributed by atoms with Crippen LogP contribution in [0, 0.1) is 5.92 Å². The van der Waals surface area contributed by atoms with Crippen molar-refractivity contribution in [3.63, 3.8) is 0 Å². The summed E-state index contributed by atoms with van der Waals surface area (Å²) in [7, 11) is 0. The lowest BCUT2D eigenvalue weighted by atomic mass is 10.0. The standard InChI is InChI=1S/C21H20N4O/c1-3-17-14(2)24-25-19(16-12-8-5-9-13-16)18(15-10-6-4-7-11-15)22-21(25)23-20(17)26/h4-13,17H,3H2,1-2H3,(H,22,23,26)/t17-/m0/s1. The molecule has 1 N–H and O–H groups in total. The summed E-state index contributed by atoms with van der Waals surface area (Å²) in [5.41, 5.74) is 4.46. The number of amides is 1. The molecule has 0 saturated heterocycles. The van der Waals surface area contributed by atoms with Crippen LogP contribution in [0.25, 0.3) is 22.5 Å². The Balaban J connectivity index is 1.99. The van der Waals surface area contributed by atoms with Crippen LogP contribution < -0.4 is 5.32 Å². The van der Waals surface area contributed by atoms with E-state index in [4.69, 9.17) is 10.1 Å². The van der Waals surface area contributed by atoms with E-state index in [1.165, 1.54) is 0 Å². The molecule has 0 radical (unpaired) electrons. The van der Waals surface area contributed by atoms with Gasteiger partial charge in [0.05, 0.1) is 5.92 Å². The zero-order valence-electron chi connectivity index (χ0n) is 14.8. The van der Waals surface area contributed by atoms with Crippen LogP contribution in [-0.2, 0) is 4.79 Å². The quantitative estimate of drug-likeness (QED) is 0.764. The molecule has 130 valence electrons. The number of hydrogen-bond acceptors (Lipinski definition) is 3. The molecule has 2 aromatic carbocycles. The average molecular weight is 344 g/mol. The first kappa shape index (κ1) is 16.3. The second kappa shape index (κ2) is 6.59. The van der Waals surface area contributed by atoms with Gasteiger partial charge in [0.15, 0.2) is 0 Å². The van der Waals surface area contributed by atoms with Crippen molar-refractivity contribution >= 4 is 17.6 Å². The molecule has 1 atom stereocenters. The molecule has 1 aromatic heterocycles. The van der Waals surface area contributed by atoms with E-state index in [0.29, 0.717) is 12.4 Å². The number of carbonyl (C=O) groups excluding carboxylic acids is 1. The van der Waals surface area contributed by atoms with E-state index >= 15 is 0 Å². The van der Waals surface area contributed by atoms with Gasteiger partial charge in [0.2, 0.25) is 11.9 Å². The topological polar surface area (TPSA) is 59.3 Å². The van der Waals surface area contributed by atoms with Crippen LogP contribution in [0.1, 0.15) is 20.3 Å². The minimum Gasteiger partial charge on any atom is -0.294 e. The number of anilines is 1. The van der Waals surface area contributed by atoms with Crippen LogP contribution >= 0.6 is 0 Å². The number of hydrogen-bond donors (Lipinski definition) is 1. The van der Waals surface area contributed by atoms with Crippen molar-refractivity contribution in [2.24, 2.45) is 11.0 Å². The molecular weight excluding hydrogens is 324 g/mol. The molecule has 5 nitrogen and oxygen atoms in total. The number of fused-ring (bicyclic) bond motifs is 1. The third-order valence-corrected chi connectivity index (χ3v) is 4.67. The first-order chi connectivity index (χ1) is 12.7. The number of benzene rings is 2. The van der Waals surface area contributed by atoms with Gasteiger partial charge in [-0.3, -0.25) is 10.1 Å². The summed E-state index contributed by atoms with van der Waals surface area (Å²) in [6, 6.07) is 20.0. The van der Waals surface area contributed by atoms with Crippen molar-refractivity contribution in [2.75, 3.05) is 5.32 Å². The molecule has 0 saturated carbocycles. The molecule has 4 rings (SSSR count). The Labute approximate surface area is 152 Å². The third-order valence-electron chi connectivity index (χ3n) is 4.67. The predicted molar refractivity (Wildman–Crippen MR) is 104 cm³/mol. The zero-order chi connectivity index (χ0) is 18.1. The van der Waals surface area contributed by atoms with Gasteiger partial charge in [0.1, 0.15) is 11.4 Å². The van der Waals surface area contributed by atoms with E-state index in [1.807, 2.05) is 74.5 Å². The normalized spacial score (nSPS) is 16.5. The van der Waals surface area contributed by atoms with Gasteiger partial charge in [-0.2, -0.15) is 9.78 Å². The van der Waals surface area contributed by atoms with E-state index in [1.54, 1.807) is 4.68 Å².